The van der Waals surface area contributed by atoms with E-state index in [1.165, 1.54) is 5.57 Å². The Kier molecular flexibility index (Phi) is 6.92. The van der Waals surface area contributed by atoms with Crippen LogP contribution in [0.1, 0.15) is 33.1 Å². The Morgan fingerprint density at radius 3 is 2.54 bits per heavy atom. The highest BCUT2D eigenvalue weighted by Gasteiger charge is 2.11. The standard InChI is InChI=1S/C11H23NO/c1-6-9(2)7-11(12-4)8-10(3)13-5/h10-12H,2,6-8H2,1,3-5H3. The molecule has 1 N–H and O–H groups in total. The molecule has 2 unspecified atom stereocenters. The van der Waals surface area contributed by atoms with Gasteiger partial charge in [0.2, 0.25) is 0 Å². The van der Waals surface area contributed by atoms with Crippen LogP contribution in [0.4, 0.5) is 0 Å². The Hall–Kier alpha value is -0.340. The Morgan fingerprint density at radius 2 is 2.15 bits per heavy atom. The average molecular weight is 185 g/mol. The minimum Gasteiger partial charge on any atom is -0.382 e. The number of rotatable bonds is 7. The molecule has 0 amide bonds. The van der Waals surface area contributed by atoms with Crippen LogP contribution in [0.3, 0.4) is 0 Å². The van der Waals surface area contributed by atoms with Crippen LogP contribution < -0.4 is 5.32 Å². The molecule has 2 nitrogen and oxygen atoms in total. The first-order valence-electron chi connectivity index (χ1n) is 5.00. The van der Waals surface area contributed by atoms with Gasteiger partial charge in [0.1, 0.15) is 0 Å². The normalized spacial score (nSPS) is 15.4. The molecule has 0 aliphatic heterocycles. The molecule has 0 rings (SSSR count). The molecule has 13 heavy (non-hydrogen) atoms. The summed E-state index contributed by atoms with van der Waals surface area (Å²) < 4.78 is 5.23. The molecular weight excluding hydrogens is 162 g/mol. The van der Waals surface area contributed by atoms with Gasteiger partial charge in [0.15, 0.2) is 0 Å². The molecule has 0 spiro atoms. The van der Waals surface area contributed by atoms with Gasteiger partial charge in [-0.05, 0) is 33.2 Å². The number of nitrogens with one attached hydrogen (secondary N) is 1. The first-order chi connectivity index (χ1) is 6.13. The summed E-state index contributed by atoms with van der Waals surface area (Å²) in [4.78, 5) is 0. The van der Waals surface area contributed by atoms with Crippen LogP contribution in [0.2, 0.25) is 0 Å². The zero-order valence-electron chi connectivity index (χ0n) is 9.39. The van der Waals surface area contributed by atoms with E-state index in [-0.39, 0.29) is 0 Å². The van der Waals surface area contributed by atoms with E-state index in [2.05, 4.69) is 25.7 Å². The lowest BCUT2D eigenvalue weighted by Crippen LogP contribution is -2.29. The van der Waals surface area contributed by atoms with Gasteiger partial charge in [-0.15, -0.1) is 0 Å². The second-order valence-corrected chi connectivity index (χ2v) is 3.58. The fraction of sp³-hybridized carbons (Fsp3) is 0.818. The Bertz CT molecular complexity index is 145. The fourth-order valence-electron chi connectivity index (χ4n) is 1.29. The zero-order valence-corrected chi connectivity index (χ0v) is 9.39. The Labute approximate surface area is 82.4 Å². The van der Waals surface area contributed by atoms with Crippen molar-refractivity contribution in [3.63, 3.8) is 0 Å². The summed E-state index contributed by atoms with van der Waals surface area (Å²) in [7, 11) is 3.75. The minimum atomic E-state index is 0.321. The van der Waals surface area contributed by atoms with Crippen molar-refractivity contribution >= 4 is 0 Å². The van der Waals surface area contributed by atoms with Crippen LogP contribution in [-0.4, -0.2) is 26.3 Å². The summed E-state index contributed by atoms with van der Waals surface area (Å²) >= 11 is 0. The first kappa shape index (κ1) is 12.7. The van der Waals surface area contributed by atoms with E-state index < -0.39 is 0 Å². The number of methoxy groups -OCH3 is 1. The second-order valence-electron chi connectivity index (χ2n) is 3.58. The third-order valence-electron chi connectivity index (χ3n) is 2.46. The molecule has 0 saturated carbocycles. The second kappa shape index (κ2) is 7.10. The van der Waals surface area contributed by atoms with Crippen LogP contribution in [0.25, 0.3) is 0 Å². The third-order valence-corrected chi connectivity index (χ3v) is 2.46. The van der Waals surface area contributed by atoms with E-state index in [1.54, 1.807) is 7.11 Å². The molecule has 0 aromatic carbocycles. The maximum Gasteiger partial charge on any atom is 0.0558 e. The smallest absolute Gasteiger partial charge is 0.0558 e. The van der Waals surface area contributed by atoms with Crippen molar-refractivity contribution in [1.82, 2.24) is 5.32 Å². The van der Waals surface area contributed by atoms with Crippen molar-refractivity contribution in [3.05, 3.63) is 12.2 Å². The van der Waals surface area contributed by atoms with Crippen LogP contribution in [0.15, 0.2) is 12.2 Å². The van der Waals surface area contributed by atoms with Crippen molar-refractivity contribution < 1.29 is 4.74 Å². The van der Waals surface area contributed by atoms with Gasteiger partial charge in [-0.25, -0.2) is 0 Å². The highest BCUT2D eigenvalue weighted by molar-refractivity contribution is 4.96. The summed E-state index contributed by atoms with van der Waals surface area (Å²) in [6.45, 7) is 8.26. The van der Waals surface area contributed by atoms with Gasteiger partial charge in [-0.2, -0.15) is 0 Å². The Morgan fingerprint density at radius 1 is 1.54 bits per heavy atom. The van der Waals surface area contributed by atoms with E-state index in [4.69, 9.17) is 4.74 Å². The van der Waals surface area contributed by atoms with E-state index in [0.29, 0.717) is 12.1 Å². The number of hydrogen-bond acceptors (Lipinski definition) is 2. The van der Waals surface area contributed by atoms with E-state index in [1.807, 2.05) is 7.05 Å². The van der Waals surface area contributed by atoms with Crippen LogP contribution in [-0.2, 0) is 4.74 Å². The molecule has 0 aromatic heterocycles. The maximum absolute atomic E-state index is 5.23. The topological polar surface area (TPSA) is 21.3 Å². The summed E-state index contributed by atoms with van der Waals surface area (Å²) in [5, 5.41) is 3.29. The maximum atomic E-state index is 5.23. The van der Waals surface area contributed by atoms with Gasteiger partial charge < -0.3 is 10.1 Å². The quantitative estimate of drug-likeness (QED) is 0.615. The van der Waals surface area contributed by atoms with Crippen molar-refractivity contribution in [2.24, 2.45) is 0 Å². The first-order valence-corrected chi connectivity index (χ1v) is 5.00. The van der Waals surface area contributed by atoms with Crippen LogP contribution in [0.5, 0.6) is 0 Å². The Balaban J connectivity index is 3.81. The molecule has 2 heteroatoms. The molecule has 0 aliphatic rings. The van der Waals surface area contributed by atoms with Crippen molar-refractivity contribution in [1.29, 1.82) is 0 Å². The van der Waals surface area contributed by atoms with Gasteiger partial charge in [-0.1, -0.05) is 19.1 Å². The van der Waals surface area contributed by atoms with Crippen molar-refractivity contribution in [2.45, 2.75) is 45.3 Å². The van der Waals surface area contributed by atoms with Crippen LogP contribution >= 0.6 is 0 Å². The lowest BCUT2D eigenvalue weighted by Gasteiger charge is -2.20. The molecule has 2 atom stereocenters. The summed E-state index contributed by atoms with van der Waals surface area (Å²) in [5.41, 5.74) is 1.31. The van der Waals surface area contributed by atoms with Gasteiger partial charge in [0.05, 0.1) is 6.10 Å². The predicted molar refractivity (Wildman–Crippen MR) is 58.0 cm³/mol. The van der Waals surface area contributed by atoms with Crippen molar-refractivity contribution in [3.8, 4) is 0 Å². The number of ether oxygens (including phenoxy) is 1. The number of hydrogen-bond donors (Lipinski definition) is 1. The molecule has 0 saturated heterocycles. The van der Waals surface area contributed by atoms with Gasteiger partial charge in [0.25, 0.3) is 0 Å². The lowest BCUT2D eigenvalue weighted by molar-refractivity contribution is 0.101. The largest absolute Gasteiger partial charge is 0.382 e. The van der Waals surface area contributed by atoms with E-state index >= 15 is 0 Å². The fourth-order valence-corrected chi connectivity index (χ4v) is 1.29. The predicted octanol–water partition coefficient (Wildman–Crippen LogP) is 2.36. The van der Waals surface area contributed by atoms with E-state index in [9.17, 15) is 0 Å². The summed E-state index contributed by atoms with van der Waals surface area (Å²) in [5.74, 6) is 0. The highest BCUT2D eigenvalue weighted by Crippen LogP contribution is 2.12. The van der Waals surface area contributed by atoms with Crippen molar-refractivity contribution in [2.75, 3.05) is 14.2 Å². The summed E-state index contributed by atoms with van der Waals surface area (Å²) in [6, 6.07) is 0.502. The van der Waals surface area contributed by atoms with E-state index in [0.717, 1.165) is 19.3 Å². The third kappa shape index (κ3) is 5.83. The summed E-state index contributed by atoms with van der Waals surface area (Å²) in [6.07, 6.45) is 3.49. The lowest BCUT2D eigenvalue weighted by atomic mass is 10.0. The molecule has 0 radical (unpaired) electrons. The average Bonchev–Trinajstić information content (AvgIpc) is 2.16. The van der Waals surface area contributed by atoms with Gasteiger partial charge in [-0.3, -0.25) is 0 Å². The zero-order chi connectivity index (χ0) is 10.3. The molecule has 0 bridgehead atoms. The van der Waals surface area contributed by atoms with Gasteiger partial charge in [0, 0.05) is 13.2 Å². The van der Waals surface area contributed by atoms with Gasteiger partial charge >= 0.3 is 0 Å². The monoisotopic (exact) mass is 185 g/mol. The molecule has 0 heterocycles. The SMILES string of the molecule is C=C(CC)CC(CC(C)OC)NC. The molecule has 0 fully saturated rings. The molecular formula is C11H23NO. The molecule has 0 aromatic rings. The minimum absolute atomic E-state index is 0.321. The highest BCUT2D eigenvalue weighted by atomic mass is 16.5. The molecule has 0 aliphatic carbocycles. The van der Waals surface area contributed by atoms with Crippen LogP contribution in [0, 0.1) is 0 Å². The molecule has 78 valence electrons.